The van der Waals surface area contributed by atoms with Crippen molar-refractivity contribution in [3.63, 3.8) is 0 Å². The Morgan fingerprint density at radius 1 is 1.05 bits per heavy atom. The van der Waals surface area contributed by atoms with Gasteiger partial charge in [0, 0.05) is 30.2 Å². The minimum Gasteiger partial charge on any atom is -0.310 e. The second-order valence-corrected chi connectivity index (χ2v) is 8.61. The van der Waals surface area contributed by atoms with E-state index in [1.165, 1.54) is 16.4 Å². The molecule has 2 aliphatic rings. The average molecular weight is 406 g/mol. The molecule has 1 aromatic rings. The van der Waals surface area contributed by atoms with Gasteiger partial charge in [-0.15, -0.1) is 12.4 Å². The normalized spacial score (nSPS) is 25.6. The number of nitrogens with zero attached hydrogens (tertiary/aromatic N) is 1. The third-order valence-electron chi connectivity index (χ3n) is 4.05. The zero-order valence-corrected chi connectivity index (χ0v) is 15.5. The van der Waals surface area contributed by atoms with Gasteiger partial charge in [0.15, 0.2) is 0 Å². The molecule has 9 heteroatoms. The molecule has 4 nitrogen and oxygen atoms in total. The van der Waals surface area contributed by atoms with Gasteiger partial charge in [-0.25, -0.2) is 8.42 Å². The highest BCUT2D eigenvalue weighted by Gasteiger charge is 2.36. The first-order valence-electron chi connectivity index (χ1n) is 6.78. The molecule has 0 saturated carbocycles. The Balaban J connectivity index is 0.00000176. The fourth-order valence-electron chi connectivity index (χ4n) is 3.03. The van der Waals surface area contributed by atoms with E-state index < -0.39 is 10.0 Å². The van der Waals surface area contributed by atoms with Crippen LogP contribution in [0.4, 0.5) is 0 Å². The smallest absolute Gasteiger partial charge is 0.246 e. The van der Waals surface area contributed by atoms with Crippen molar-refractivity contribution >= 4 is 57.2 Å². The van der Waals surface area contributed by atoms with Crippen molar-refractivity contribution < 1.29 is 8.42 Å². The number of halogens is 4. The Bertz CT molecular complexity index is 645. The molecule has 2 fully saturated rings. The van der Waals surface area contributed by atoms with Crippen molar-refractivity contribution in [1.82, 2.24) is 9.62 Å². The first-order chi connectivity index (χ1) is 9.88. The monoisotopic (exact) mass is 404 g/mol. The predicted molar refractivity (Wildman–Crippen MR) is 92.0 cm³/mol. The summed E-state index contributed by atoms with van der Waals surface area (Å²) in [5.74, 6) is 0. The number of fused-ring (bicyclic) bond motifs is 2. The van der Waals surface area contributed by atoms with Gasteiger partial charge in [-0.05, 0) is 31.4 Å². The van der Waals surface area contributed by atoms with Crippen molar-refractivity contribution in [2.24, 2.45) is 0 Å². The van der Waals surface area contributed by atoms with Crippen LogP contribution in [0.1, 0.15) is 19.3 Å². The third-order valence-corrected chi connectivity index (χ3v) is 7.05. The van der Waals surface area contributed by atoms with Gasteiger partial charge in [-0.3, -0.25) is 0 Å². The molecule has 22 heavy (non-hydrogen) atoms. The van der Waals surface area contributed by atoms with Crippen LogP contribution in [0.3, 0.4) is 0 Å². The topological polar surface area (TPSA) is 49.4 Å². The highest BCUT2D eigenvalue weighted by atomic mass is 35.5. The van der Waals surface area contributed by atoms with E-state index in [2.05, 4.69) is 5.32 Å². The Morgan fingerprint density at radius 3 is 2.27 bits per heavy atom. The standard InChI is InChI=1S/C13H15Cl3N2O2S.ClH/c14-8-5-11(15)13(12(16)6-8)21(19,20)18-4-3-9-1-2-10(7-18)17-9;/h5-6,9-10,17H,1-4,7H2;1H. The summed E-state index contributed by atoms with van der Waals surface area (Å²) >= 11 is 18.0. The molecule has 0 aromatic heterocycles. The van der Waals surface area contributed by atoms with E-state index in [0.717, 1.165) is 19.3 Å². The van der Waals surface area contributed by atoms with Crippen molar-refractivity contribution in [2.45, 2.75) is 36.2 Å². The van der Waals surface area contributed by atoms with E-state index >= 15 is 0 Å². The quantitative estimate of drug-likeness (QED) is 0.817. The van der Waals surface area contributed by atoms with Crippen LogP contribution in [0.15, 0.2) is 17.0 Å². The summed E-state index contributed by atoms with van der Waals surface area (Å²) in [5.41, 5.74) is 0. The number of benzene rings is 1. The van der Waals surface area contributed by atoms with E-state index in [4.69, 9.17) is 34.8 Å². The van der Waals surface area contributed by atoms with Crippen molar-refractivity contribution in [3.8, 4) is 0 Å². The number of rotatable bonds is 2. The lowest BCUT2D eigenvalue weighted by Crippen LogP contribution is -2.39. The molecule has 124 valence electrons. The lowest BCUT2D eigenvalue weighted by atomic mass is 10.1. The summed E-state index contributed by atoms with van der Waals surface area (Å²) in [4.78, 5) is -0.0481. The summed E-state index contributed by atoms with van der Waals surface area (Å²) in [6, 6.07) is 3.43. The van der Waals surface area contributed by atoms with Gasteiger partial charge in [0.2, 0.25) is 10.0 Å². The van der Waals surface area contributed by atoms with Crippen LogP contribution in [0.2, 0.25) is 15.1 Å². The zero-order chi connectivity index (χ0) is 15.2. The first kappa shape index (κ1) is 18.6. The largest absolute Gasteiger partial charge is 0.310 e. The van der Waals surface area contributed by atoms with Crippen molar-refractivity contribution in [1.29, 1.82) is 0 Å². The lowest BCUT2D eigenvalue weighted by Gasteiger charge is -2.24. The number of hydrogen-bond acceptors (Lipinski definition) is 3. The Labute approximate surface area is 151 Å². The fourth-order valence-corrected chi connectivity index (χ4v) is 6.03. The fraction of sp³-hybridized carbons (Fsp3) is 0.538. The molecule has 1 N–H and O–H groups in total. The second-order valence-electron chi connectivity index (χ2n) is 5.49. The molecule has 2 aliphatic heterocycles. The minimum atomic E-state index is -3.72. The molecule has 3 rings (SSSR count). The van der Waals surface area contributed by atoms with Gasteiger partial charge in [-0.1, -0.05) is 34.8 Å². The van der Waals surface area contributed by atoms with Gasteiger partial charge in [-0.2, -0.15) is 4.31 Å². The third kappa shape index (κ3) is 3.51. The van der Waals surface area contributed by atoms with E-state index in [1.54, 1.807) is 0 Å². The molecule has 2 saturated heterocycles. The Hall–Kier alpha value is 0.250. The highest BCUT2D eigenvalue weighted by molar-refractivity contribution is 7.89. The van der Waals surface area contributed by atoms with Gasteiger partial charge in [0.05, 0.1) is 10.0 Å². The van der Waals surface area contributed by atoms with Gasteiger partial charge in [0.25, 0.3) is 0 Å². The van der Waals surface area contributed by atoms with Gasteiger partial charge >= 0.3 is 0 Å². The number of nitrogens with one attached hydrogen (secondary N) is 1. The van der Waals surface area contributed by atoms with Crippen LogP contribution in [0.5, 0.6) is 0 Å². The van der Waals surface area contributed by atoms with E-state index in [1.807, 2.05) is 0 Å². The zero-order valence-electron chi connectivity index (χ0n) is 11.6. The molecule has 0 amide bonds. The maximum Gasteiger partial charge on any atom is 0.246 e. The van der Waals surface area contributed by atoms with Crippen LogP contribution in [0, 0.1) is 0 Å². The molecular weight excluding hydrogens is 390 g/mol. The molecule has 0 spiro atoms. The maximum absolute atomic E-state index is 12.9. The van der Waals surface area contributed by atoms with Gasteiger partial charge < -0.3 is 5.32 Å². The summed E-state index contributed by atoms with van der Waals surface area (Å²) in [6.07, 6.45) is 2.92. The highest BCUT2D eigenvalue weighted by Crippen LogP contribution is 2.35. The molecule has 0 aliphatic carbocycles. The SMILES string of the molecule is Cl.O=S(=O)(c1c(Cl)cc(Cl)cc1Cl)N1CCC2CCC(C1)N2. The molecule has 2 bridgehead atoms. The van der Waals surface area contributed by atoms with Crippen LogP contribution in [-0.2, 0) is 10.0 Å². The summed E-state index contributed by atoms with van der Waals surface area (Å²) < 4.78 is 27.2. The molecule has 0 radical (unpaired) electrons. The van der Waals surface area contributed by atoms with E-state index in [9.17, 15) is 8.42 Å². The predicted octanol–water partition coefficient (Wildman–Crippen LogP) is 3.58. The van der Waals surface area contributed by atoms with Crippen LogP contribution >= 0.6 is 47.2 Å². The molecule has 1 aromatic carbocycles. The lowest BCUT2D eigenvalue weighted by molar-refractivity contribution is 0.383. The summed E-state index contributed by atoms with van der Waals surface area (Å²) in [6.45, 7) is 0.930. The van der Waals surface area contributed by atoms with Crippen molar-refractivity contribution in [3.05, 3.63) is 27.2 Å². The number of hydrogen-bond donors (Lipinski definition) is 1. The van der Waals surface area contributed by atoms with Crippen LogP contribution < -0.4 is 5.32 Å². The van der Waals surface area contributed by atoms with Gasteiger partial charge in [0.1, 0.15) is 4.90 Å². The van der Waals surface area contributed by atoms with Crippen LogP contribution in [0.25, 0.3) is 0 Å². The molecular formula is C13H16Cl4N2O2S. The Morgan fingerprint density at radius 2 is 1.64 bits per heavy atom. The summed E-state index contributed by atoms with van der Waals surface area (Å²) in [5, 5.41) is 3.90. The van der Waals surface area contributed by atoms with Crippen LogP contribution in [-0.4, -0.2) is 37.9 Å². The second kappa shape index (κ2) is 7.01. The molecule has 2 atom stereocenters. The first-order valence-corrected chi connectivity index (χ1v) is 9.36. The number of sulfonamides is 1. The Kier molecular flexibility index (Phi) is 5.92. The molecule has 2 unspecified atom stereocenters. The van der Waals surface area contributed by atoms with E-state index in [-0.39, 0.29) is 33.4 Å². The van der Waals surface area contributed by atoms with E-state index in [0.29, 0.717) is 24.2 Å². The average Bonchev–Trinajstić information content (AvgIpc) is 2.66. The minimum absolute atomic E-state index is 0. The maximum atomic E-state index is 12.9. The summed E-state index contributed by atoms with van der Waals surface area (Å²) in [7, 11) is -3.72. The van der Waals surface area contributed by atoms with Crippen molar-refractivity contribution in [2.75, 3.05) is 13.1 Å². The molecule has 2 heterocycles.